The van der Waals surface area contributed by atoms with E-state index >= 15 is 0 Å². The van der Waals surface area contributed by atoms with Gasteiger partial charge in [-0.25, -0.2) is 4.98 Å². The summed E-state index contributed by atoms with van der Waals surface area (Å²) in [5.74, 6) is 0.886. The summed E-state index contributed by atoms with van der Waals surface area (Å²) in [6.07, 6.45) is 2.79. The van der Waals surface area contributed by atoms with Crippen LogP contribution in [0.3, 0.4) is 0 Å². The Bertz CT molecular complexity index is 363. The van der Waals surface area contributed by atoms with Gasteiger partial charge in [-0.2, -0.15) is 0 Å². The van der Waals surface area contributed by atoms with E-state index in [9.17, 15) is 4.79 Å². The number of carbonyl (C=O) groups excluding carboxylic acids is 1. The molecule has 1 atom stereocenters. The van der Waals surface area contributed by atoms with Gasteiger partial charge in [0, 0.05) is 18.8 Å². The summed E-state index contributed by atoms with van der Waals surface area (Å²) in [5, 5.41) is 0. The maximum Gasteiger partial charge on any atom is 0.163 e. The highest BCUT2D eigenvalue weighted by molar-refractivity contribution is 5.98. The summed E-state index contributed by atoms with van der Waals surface area (Å²) >= 11 is 0. The van der Waals surface area contributed by atoms with Crippen LogP contribution < -0.4 is 4.90 Å². The van der Waals surface area contributed by atoms with Crippen LogP contribution in [0.1, 0.15) is 44.5 Å². The first-order chi connectivity index (χ1) is 7.61. The second kappa shape index (κ2) is 5.64. The molecule has 3 nitrogen and oxygen atoms in total. The molecule has 3 heteroatoms. The Morgan fingerprint density at radius 1 is 1.50 bits per heavy atom. The summed E-state index contributed by atoms with van der Waals surface area (Å²) < 4.78 is 0. The first-order valence-electron chi connectivity index (χ1n) is 5.84. The van der Waals surface area contributed by atoms with E-state index in [2.05, 4.69) is 30.7 Å². The molecule has 0 radical (unpaired) electrons. The lowest BCUT2D eigenvalue weighted by molar-refractivity contribution is 0.101. The molecule has 0 spiro atoms. The quantitative estimate of drug-likeness (QED) is 0.715. The van der Waals surface area contributed by atoms with Crippen molar-refractivity contribution in [1.82, 2.24) is 4.98 Å². The fourth-order valence-electron chi connectivity index (χ4n) is 1.79. The minimum Gasteiger partial charge on any atom is -0.354 e. The number of ketones is 1. The Morgan fingerprint density at radius 3 is 2.69 bits per heavy atom. The number of nitrogens with zero attached hydrogens (tertiary/aromatic N) is 2. The van der Waals surface area contributed by atoms with Gasteiger partial charge in [-0.3, -0.25) is 4.79 Å². The Balaban J connectivity index is 3.14. The molecule has 1 heterocycles. The van der Waals surface area contributed by atoms with Gasteiger partial charge in [0.15, 0.2) is 5.78 Å². The van der Waals surface area contributed by atoms with Crippen LogP contribution >= 0.6 is 0 Å². The van der Waals surface area contributed by atoms with Gasteiger partial charge in [0.05, 0.1) is 5.56 Å². The Morgan fingerprint density at radius 2 is 2.19 bits per heavy atom. The molecule has 0 aliphatic carbocycles. The van der Waals surface area contributed by atoms with Gasteiger partial charge in [-0.15, -0.1) is 0 Å². The first-order valence-corrected chi connectivity index (χ1v) is 5.84. The van der Waals surface area contributed by atoms with E-state index in [1.807, 2.05) is 12.1 Å². The summed E-state index contributed by atoms with van der Waals surface area (Å²) in [6, 6.07) is 4.05. The topological polar surface area (TPSA) is 33.2 Å². The van der Waals surface area contributed by atoms with Crippen LogP contribution in [0.25, 0.3) is 0 Å². The maximum absolute atomic E-state index is 11.5. The van der Waals surface area contributed by atoms with Crippen LogP contribution in [0.15, 0.2) is 18.3 Å². The van der Waals surface area contributed by atoms with Crippen molar-refractivity contribution in [2.45, 2.75) is 40.2 Å². The van der Waals surface area contributed by atoms with Crippen molar-refractivity contribution in [3.05, 3.63) is 23.9 Å². The van der Waals surface area contributed by atoms with Gasteiger partial charge in [-0.05, 0) is 39.3 Å². The van der Waals surface area contributed by atoms with Crippen molar-refractivity contribution in [2.24, 2.45) is 0 Å². The predicted molar refractivity (Wildman–Crippen MR) is 67.0 cm³/mol. The lowest BCUT2D eigenvalue weighted by Crippen LogP contribution is -2.34. The fraction of sp³-hybridized carbons (Fsp3) is 0.538. The molecule has 0 aliphatic heterocycles. The minimum absolute atomic E-state index is 0.0739. The minimum atomic E-state index is 0.0739. The monoisotopic (exact) mass is 220 g/mol. The molecular weight excluding hydrogens is 200 g/mol. The Kier molecular flexibility index (Phi) is 4.47. The third-order valence-electron chi connectivity index (χ3n) is 2.90. The van der Waals surface area contributed by atoms with Crippen LogP contribution in [-0.4, -0.2) is 23.4 Å². The zero-order valence-corrected chi connectivity index (χ0v) is 10.5. The molecule has 88 valence electrons. The van der Waals surface area contributed by atoms with Crippen LogP contribution in [-0.2, 0) is 0 Å². The van der Waals surface area contributed by atoms with E-state index in [1.54, 1.807) is 13.1 Å². The first kappa shape index (κ1) is 12.7. The van der Waals surface area contributed by atoms with Gasteiger partial charge >= 0.3 is 0 Å². The van der Waals surface area contributed by atoms with Crippen molar-refractivity contribution in [3.63, 3.8) is 0 Å². The second-order valence-corrected chi connectivity index (χ2v) is 3.97. The molecule has 0 amide bonds. The van der Waals surface area contributed by atoms with E-state index in [4.69, 9.17) is 0 Å². The number of rotatable bonds is 5. The number of Topliss-reactive ketones (excluding diaryl/α,β-unsaturated/α-hetero) is 1. The van der Waals surface area contributed by atoms with E-state index in [0.717, 1.165) is 18.8 Å². The molecule has 1 aromatic rings. The molecule has 0 fully saturated rings. The molecule has 1 unspecified atom stereocenters. The van der Waals surface area contributed by atoms with E-state index in [-0.39, 0.29) is 5.78 Å². The van der Waals surface area contributed by atoms with E-state index in [0.29, 0.717) is 11.6 Å². The number of aromatic nitrogens is 1. The van der Waals surface area contributed by atoms with Crippen LogP contribution in [0, 0.1) is 0 Å². The number of pyridine rings is 1. The van der Waals surface area contributed by atoms with Gasteiger partial charge < -0.3 is 4.90 Å². The second-order valence-electron chi connectivity index (χ2n) is 3.97. The summed E-state index contributed by atoms with van der Waals surface area (Å²) in [7, 11) is 0. The average molecular weight is 220 g/mol. The van der Waals surface area contributed by atoms with E-state index in [1.165, 1.54) is 0 Å². The van der Waals surface area contributed by atoms with Crippen molar-refractivity contribution in [1.29, 1.82) is 0 Å². The number of carbonyl (C=O) groups is 1. The third-order valence-corrected chi connectivity index (χ3v) is 2.90. The van der Waals surface area contributed by atoms with Gasteiger partial charge in [0.1, 0.15) is 5.82 Å². The number of hydrogen-bond donors (Lipinski definition) is 0. The molecule has 1 aromatic heterocycles. The summed E-state index contributed by atoms with van der Waals surface area (Å²) in [6.45, 7) is 8.84. The van der Waals surface area contributed by atoms with E-state index < -0.39 is 0 Å². The highest BCUT2D eigenvalue weighted by atomic mass is 16.1. The molecule has 0 aromatic carbocycles. The number of hydrogen-bond acceptors (Lipinski definition) is 3. The fourth-order valence-corrected chi connectivity index (χ4v) is 1.79. The molecule has 1 rings (SSSR count). The largest absolute Gasteiger partial charge is 0.354 e. The van der Waals surface area contributed by atoms with Crippen LogP contribution in [0.4, 0.5) is 5.82 Å². The molecule has 0 saturated heterocycles. The zero-order valence-electron chi connectivity index (χ0n) is 10.5. The highest BCUT2D eigenvalue weighted by Gasteiger charge is 2.17. The van der Waals surface area contributed by atoms with Gasteiger partial charge in [0.25, 0.3) is 0 Å². The van der Waals surface area contributed by atoms with Crippen molar-refractivity contribution >= 4 is 11.6 Å². The Hall–Kier alpha value is -1.38. The molecule has 0 aliphatic rings. The Labute approximate surface area is 97.5 Å². The average Bonchev–Trinajstić information content (AvgIpc) is 2.30. The highest BCUT2D eigenvalue weighted by Crippen LogP contribution is 2.20. The van der Waals surface area contributed by atoms with Gasteiger partial charge in [-0.1, -0.05) is 6.92 Å². The van der Waals surface area contributed by atoms with Crippen LogP contribution in [0.2, 0.25) is 0 Å². The smallest absolute Gasteiger partial charge is 0.163 e. The standard InChI is InChI=1S/C13H20N2O/c1-5-10(3)15(6-2)13-12(11(4)16)8-7-9-14-13/h7-10H,5-6H2,1-4H3. The lowest BCUT2D eigenvalue weighted by atomic mass is 10.1. The van der Waals surface area contributed by atoms with Crippen molar-refractivity contribution in [3.8, 4) is 0 Å². The maximum atomic E-state index is 11.5. The molecule has 0 N–H and O–H groups in total. The molecule has 16 heavy (non-hydrogen) atoms. The molecule has 0 saturated carbocycles. The zero-order chi connectivity index (χ0) is 12.1. The van der Waals surface area contributed by atoms with Gasteiger partial charge in [0.2, 0.25) is 0 Å². The summed E-state index contributed by atoms with van der Waals surface area (Å²) in [5.41, 5.74) is 0.713. The van der Waals surface area contributed by atoms with Crippen molar-refractivity contribution < 1.29 is 4.79 Å². The SMILES string of the molecule is CCC(C)N(CC)c1ncccc1C(C)=O. The lowest BCUT2D eigenvalue weighted by Gasteiger charge is -2.29. The molecule has 0 bridgehead atoms. The number of anilines is 1. The van der Waals surface area contributed by atoms with Crippen molar-refractivity contribution in [2.75, 3.05) is 11.4 Å². The third kappa shape index (κ3) is 2.60. The summed E-state index contributed by atoms with van der Waals surface area (Å²) in [4.78, 5) is 18.1. The predicted octanol–water partition coefficient (Wildman–Crippen LogP) is 2.91. The molecular formula is C13H20N2O. The normalized spacial score (nSPS) is 12.2. The van der Waals surface area contributed by atoms with Crippen LogP contribution in [0.5, 0.6) is 0 Å².